The van der Waals surface area contributed by atoms with Gasteiger partial charge in [-0.25, -0.2) is 13.2 Å². The molecule has 2 N–H and O–H groups in total. The van der Waals surface area contributed by atoms with Crippen molar-refractivity contribution in [3.05, 3.63) is 29.8 Å². The summed E-state index contributed by atoms with van der Waals surface area (Å²) in [7, 11) is -3.28. The van der Waals surface area contributed by atoms with Crippen LogP contribution in [0.3, 0.4) is 0 Å². The van der Waals surface area contributed by atoms with Gasteiger partial charge in [-0.1, -0.05) is 19.1 Å². The van der Waals surface area contributed by atoms with E-state index in [0.717, 1.165) is 38.0 Å². The molecule has 1 aliphatic rings. The number of hydrogen-bond acceptors (Lipinski definition) is 4. The van der Waals surface area contributed by atoms with Crippen LogP contribution in [0.15, 0.2) is 24.3 Å². The predicted octanol–water partition coefficient (Wildman–Crippen LogP) is 2.55. The van der Waals surface area contributed by atoms with E-state index in [9.17, 15) is 13.2 Å². The van der Waals surface area contributed by atoms with Crippen molar-refractivity contribution < 1.29 is 17.9 Å². The first-order chi connectivity index (χ1) is 12.4. The molecule has 2 rings (SSSR count). The van der Waals surface area contributed by atoms with Crippen LogP contribution >= 0.6 is 0 Å². The third-order valence-corrected chi connectivity index (χ3v) is 5.58. The molecule has 1 heterocycles. The zero-order valence-corrected chi connectivity index (χ0v) is 16.3. The first-order valence-corrected chi connectivity index (χ1v) is 10.8. The molecule has 1 atom stereocenters. The van der Waals surface area contributed by atoms with E-state index in [0.29, 0.717) is 18.8 Å². The van der Waals surface area contributed by atoms with Crippen LogP contribution in [0, 0.1) is 0 Å². The molecule has 7 nitrogen and oxygen atoms in total. The summed E-state index contributed by atoms with van der Waals surface area (Å²) >= 11 is 0. The van der Waals surface area contributed by atoms with Crippen molar-refractivity contribution in [3.63, 3.8) is 0 Å². The van der Waals surface area contributed by atoms with E-state index in [-0.39, 0.29) is 17.9 Å². The maximum Gasteiger partial charge on any atom is 0.317 e. The van der Waals surface area contributed by atoms with E-state index < -0.39 is 10.0 Å². The van der Waals surface area contributed by atoms with Crippen LogP contribution in [0.4, 0.5) is 10.5 Å². The largest absolute Gasteiger partial charge is 0.376 e. The van der Waals surface area contributed by atoms with Gasteiger partial charge in [-0.2, -0.15) is 0 Å². The Hall–Kier alpha value is -1.80. The highest BCUT2D eigenvalue weighted by Gasteiger charge is 2.23. The summed E-state index contributed by atoms with van der Waals surface area (Å²) in [5.41, 5.74) is 1.43. The van der Waals surface area contributed by atoms with Gasteiger partial charge in [0.2, 0.25) is 10.0 Å². The molecule has 1 aromatic rings. The molecule has 0 aromatic heterocycles. The fourth-order valence-electron chi connectivity index (χ4n) is 2.78. The summed E-state index contributed by atoms with van der Waals surface area (Å²) in [6, 6.07) is 6.91. The second kappa shape index (κ2) is 9.78. The fraction of sp³-hybridized carbons (Fsp3) is 0.611. The minimum absolute atomic E-state index is 0.0314. The molecule has 0 unspecified atom stereocenters. The maximum absolute atomic E-state index is 12.4. The lowest BCUT2D eigenvalue weighted by molar-refractivity contribution is 0.0100. The molecule has 1 fully saturated rings. The Morgan fingerprint density at radius 1 is 1.27 bits per heavy atom. The normalized spacial score (nSPS) is 17.8. The summed E-state index contributed by atoms with van der Waals surface area (Å²) in [5.74, 6) is 0.0314. The minimum Gasteiger partial charge on any atom is -0.376 e. The number of urea groups is 1. The number of rotatable bonds is 8. The zero-order chi connectivity index (χ0) is 19.0. The summed E-state index contributed by atoms with van der Waals surface area (Å²) < 4.78 is 31.4. The molecular weight excluding hydrogens is 354 g/mol. The van der Waals surface area contributed by atoms with Gasteiger partial charge in [0.05, 0.1) is 11.9 Å². The van der Waals surface area contributed by atoms with Crippen molar-refractivity contribution in [1.29, 1.82) is 0 Å². The number of nitrogens with one attached hydrogen (secondary N) is 2. The van der Waals surface area contributed by atoms with Gasteiger partial charge in [-0.05, 0) is 43.9 Å². The van der Waals surface area contributed by atoms with E-state index in [1.54, 1.807) is 36.1 Å². The second-order valence-electron chi connectivity index (χ2n) is 6.44. The number of benzene rings is 1. The lowest BCUT2D eigenvalue weighted by Crippen LogP contribution is -2.47. The molecule has 0 saturated carbocycles. The molecular formula is C18H29N3O4S. The van der Waals surface area contributed by atoms with Gasteiger partial charge in [0, 0.05) is 31.9 Å². The number of nitrogens with zero attached hydrogens (tertiary/aromatic N) is 1. The van der Waals surface area contributed by atoms with Crippen molar-refractivity contribution in [1.82, 2.24) is 10.2 Å². The van der Waals surface area contributed by atoms with Gasteiger partial charge in [-0.3, -0.25) is 4.72 Å². The van der Waals surface area contributed by atoms with Crippen LogP contribution in [0.5, 0.6) is 0 Å². The molecule has 0 bridgehead atoms. The first-order valence-electron chi connectivity index (χ1n) is 9.17. The molecule has 0 spiro atoms. The topological polar surface area (TPSA) is 87.7 Å². The lowest BCUT2D eigenvalue weighted by atomic mass is 10.1. The molecule has 1 saturated heterocycles. The lowest BCUT2D eigenvalue weighted by Gasteiger charge is -2.32. The Labute approximate surface area is 156 Å². The van der Waals surface area contributed by atoms with Gasteiger partial charge in [0.1, 0.15) is 0 Å². The molecule has 8 heteroatoms. The van der Waals surface area contributed by atoms with Crippen molar-refractivity contribution in [2.45, 2.75) is 45.8 Å². The third kappa shape index (κ3) is 6.49. The molecule has 2 amide bonds. The fourth-order valence-corrected chi connectivity index (χ4v) is 3.41. The van der Waals surface area contributed by atoms with E-state index in [4.69, 9.17) is 4.74 Å². The average Bonchev–Trinajstić information content (AvgIpc) is 2.65. The van der Waals surface area contributed by atoms with Crippen LogP contribution in [0.2, 0.25) is 0 Å². The van der Waals surface area contributed by atoms with Gasteiger partial charge in [-0.15, -0.1) is 0 Å². The number of anilines is 1. The SMILES string of the molecule is CCCO[C@@H]1CCCN(C(=O)NCc2ccc(NS(=O)(=O)CC)cc2)C1. The molecule has 1 aliphatic heterocycles. The Bertz CT molecular complexity index is 676. The summed E-state index contributed by atoms with van der Waals surface area (Å²) in [6.45, 7) is 6.17. The van der Waals surface area contributed by atoms with Crippen LogP contribution in [-0.4, -0.2) is 50.9 Å². The number of carbonyl (C=O) groups excluding carboxylic acids is 1. The Morgan fingerprint density at radius 2 is 2.00 bits per heavy atom. The molecule has 0 aliphatic carbocycles. The number of carbonyl (C=O) groups is 1. The number of likely N-dealkylation sites (tertiary alicyclic amines) is 1. The Morgan fingerprint density at radius 3 is 2.65 bits per heavy atom. The van der Waals surface area contributed by atoms with Crippen LogP contribution < -0.4 is 10.0 Å². The van der Waals surface area contributed by atoms with Gasteiger partial charge < -0.3 is 15.0 Å². The first kappa shape index (κ1) is 20.5. The van der Waals surface area contributed by atoms with E-state index in [2.05, 4.69) is 17.0 Å². The number of piperidine rings is 1. The molecule has 26 heavy (non-hydrogen) atoms. The highest BCUT2D eigenvalue weighted by Crippen LogP contribution is 2.14. The van der Waals surface area contributed by atoms with E-state index in [1.165, 1.54) is 0 Å². The molecule has 0 radical (unpaired) electrons. The van der Waals surface area contributed by atoms with Gasteiger partial charge in [0.25, 0.3) is 0 Å². The third-order valence-electron chi connectivity index (χ3n) is 4.27. The van der Waals surface area contributed by atoms with Crippen LogP contribution in [0.25, 0.3) is 0 Å². The summed E-state index contributed by atoms with van der Waals surface area (Å²) in [4.78, 5) is 14.2. The number of sulfonamides is 1. The van der Waals surface area contributed by atoms with Gasteiger partial charge in [0.15, 0.2) is 0 Å². The van der Waals surface area contributed by atoms with Crippen molar-refractivity contribution >= 4 is 21.7 Å². The number of amides is 2. The maximum atomic E-state index is 12.4. The van der Waals surface area contributed by atoms with Crippen molar-refractivity contribution in [2.75, 3.05) is 30.2 Å². The number of hydrogen-bond donors (Lipinski definition) is 2. The summed E-state index contributed by atoms with van der Waals surface area (Å²) in [5, 5.41) is 2.92. The highest BCUT2D eigenvalue weighted by molar-refractivity contribution is 7.92. The quantitative estimate of drug-likeness (QED) is 0.722. The van der Waals surface area contributed by atoms with Crippen molar-refractivity contribution in [3.8, 4) is 0 Å². The Kier molecular flexibility index (Phi) is 7.71. The predicted molar refractivity (Wildman–Crippen MR) is 103 cm³/mol. The van der Waals surface area contributed by atoms with Gasteiger partial charge >= 0.3 is 6.03 Å². The second-order valence-corrected chi connectivity index (χ2v) is 8.45. The molecule has 1 aromatic carbocycles. The standard InChI is InChI=1S/C18H29N3O4S/c1-3-12-25-17-6-5-11-21(14-17)18(22)19-13-15-7-9-16(10-8-15)20-26(23,24)4-2/h7-10,17,20H,3-6,11-14H2,1-2H3,(H,19,22)/t17-/m1/s1. The monoisotopic (exact) mass is 383 g/mol. The van der Waals surface area contributed by atoms with Crippen LogP contribution in [0.1, 0.15) is 38.7 Å². The zero-order valence-electron chi connectivity index (χ0n) is 15.5. The van der Waals surface area contributed by atoms with E-state index >= 15 is 0 Å². The van der Waals surface area contributed by atoms with Crippen LogP contribution in [-0.2, 0) is 21.3 Å². The van der Waals surface area contributed by atoms with Crippen molar-refractivity contribution in [2.24, 2.45) is 0 Å². The smallest absolute Gasteiger partial charge is 0.317 e. The summed E-state index contributed by atoms with van der Waals surface area (Å²) in [6.07, 6.45) is 3.06. The minimum atomic E-state index is -3.28. The highest BCUT2D eigenvalue weighted by atomic mass is 32.2. The number of ether oxygens (including phenoxy) is 1. The molecule has 146 valence electrons. The van der Waals surface area contributed by atoms with E-state index in [1.807, 2.05) is 0 Å². The average molecular weight is 384 g/mol. The Balaban J connectivity index is 1.81.